The molecule has 386 valence electrons. The van der Waals surface area contributed by atoms with Gasteiger partial charge < -0.3 is 9.13 Å². The normalized spacial score (nSPS) is 13.6. The van der Waals surface area contributed by atoms with Crippen LogP contribution in [0.15, 0.2) is 339 Å². The number of aromatic nitrogens is 2. The molecule has 0 aliphatic heterocycles. The molecule has 0 unspecified atom stereocenters. The summed E-state index contributed by atoms with van der Waals surface area (Å²) in [5.41, 5.74) is 4.64. The quantitative estimate of drug-likeness (QED) is 0.0852. The molecule has 13 aromatic carbocycles. The maximum atomic E-state index is 10.1. The first-order chi connectivity index (χ1) is 44.8. The zero-order chi connectivity index (χ0) is 63.2. The second-order valence-electron chi connectivity index (χ2n) is 20.8. The molecule has 0 saturated carbocycles. The lowest BCUT2D eigenvalue weighted by molar-refractivity contribution is 1.17. The molecule has 0 fully saturated rings. The van der Waals surface area contributed by atoms with E-state index in [9.17, 15) is 11.0 Å². The average molecular weight is 1090 g/mol. The zero-order valence-corrected chi connectivity index (χ0v) is 46.5. The van der Waals surface area contributed by atoms with Crippen LogP contribution in [0.1, 0.15) is 13.7 Å². The summed E-state index contributed by atoms with van der Waals surface area (Å²) in [6.07, 6.45) is 0. The lowest BCUT2D eigenvalue weighted by atomic mass is 9.95. The third kappa shape index (κ3) is 7.83. The van der Waals surface area contributed by atoms with Gasteiger partial charge >= 0.3 is 0 Å². The highest BCUT2D eigenvalue weighted by Crippen LogP contribution is 2.43. The van der Waals surface area contributed by atoms with E-state index >= 15 is 0 Å². The summed E-state index contributed by atoms with van der Waals surface area (Å²) >= 11 is 0. The smallest absolute Gasteiger partial charge is 0.179 e. The van der Waals surface area contributed by atoms with Gasteiger partial charge in [0.05, 0.1) is 41.5 Å². The molecule has 0 saturated heterocycles. The molecule has 0 N–H and O–H groups in total. The summed E-state index contributed by atoms with van der Waals surface area (Å²) in [5.74, 6) is 0. The minimum atomic E-state index is -3.71. The van der Waals surface area contributed by atoms with Crippen molar-refractivity contribution in [2.24, 2.45) is 0 Å². The predicted molar refractivity (Wildman–Crippen MR) is 353 cm³/mol. The van der Waals surface area contributed by atoms with Crippen LogP contribution in [0.25, 0.3) is 77.2 Å². The molecule has 4 heteroatoms. The Hall–Kier alpha value is -10.1. The van der Waals surface area contributed by atoms with Gasteiger partial charge in [-0.1, -0.05) is 303 Å². The van der Waals surface area contributed by atoms with E-state index in [0.717, 1.165) is 74.6 Å². The van der Waals surface area contributed by atoms with Gasteiger partial charge in [-0.2, -0.15) is 0 Å². The fourth-order valence-corrected chi connectivity index (χ4v) is 22.8. The fraction of sp³-hybridized carbons (Fsp3) is 0. The minimum absolute atomic E-state index is 0.115. The van der Waals surface area contributed by atoms with Gasteiger partial charge in [0.15, 0.2) is 16.1 Å². The zero-order valence-electron chi connectivity index (χ0n) is 54.5. The molecule has 2 nitrogen and oxygen atoms in total. The fourth-order valence-electron chi connectivity index (χ4n) is 13.2. The first-order valence-corrected chi connectivity index (χ1v) is 31.6. The SMILES string of the molecule is [2H]c1c([2H])c([2H])c(-c2cc([Si](c3ccccc3)(c3ccccc3)c3ccccc3)cc(-c3c([2H])c([2H])c([2H])c([2H])c3[2H])c2-n2c3ccc(-n4c5ccccc5c5ccccc54)cc3c3cc([Si](c4ccccc4)(c4ccccc4)c4ccccc4)ccc32)c([2H])c1[2H]. The van der Waals surface area contributed by atoms with Crippen molar-refractivity contribution in [1.29, 1.82) is 0 Å². The predicted octanol–water partition coefficient (Wildman–Crippen LogP) is 14.0. The first-order valence-electron chi connectivity index (χ1n) is 32.6. The van der Waals surface area contributed by atoms with Gasteiger partial charge in [-0.15, -0.1) is 0 Å². The first kappa shape index (κ1) is 39.3. The van der Waals surface area contributed by atoms with Crippen molar-refractivity contribution in [2.75, 3.05) is 0 Å². The molecule has 0 aliphatic carbocycles. The molecular formula is C78H56N2Si2. The Balaban J connectivity index is 1.18. The maximum Gasteiger partial charge on any atom is 0.179 e. The average Bonchev–Trinajstić information content (AvgIpc) is 1.04. The van der Waals surface area contributed by atoms with Crippen LogP contribution in [0.3, 0.4) is 0 Å². The van der Waals surface area contributed by atoms with Gasteiger partial charge in [-0.25, -0.2) is 0 Å². The Morgan fingerprint density at radius 3 is 0.976 bits per heavy atom. The van der Waals surface area contributed by atoms with Gasteiger partial charge in [0.25, 0.3) is 0 Å². The Bertz CT molecular complexity index is 5000. The molecule has 2 aromatic heterocycles. The van der Waals surface area contributed by atoms with E-state index in [1.807, 2.05) is 102 Å². The third-order valence-corrected chi connectivity index (χ3v) is 26.1. The molecule has 15 aromatic rings. The van der Waals surface area contributed by atoms with Crippen LogP contribution in [0.2, 0.25) is 0 Å². The molecule has 2 heterocycles. The molecule has 0 aliphatic rings. The molecule has 0 atom stereocenters. The number of hydrogen-bond acceptors (Lipinski definition) is 0. The number of hydrogen-bond donors (Lipinski definition) is 0. The number of fused-ring (bicyclic) bond motifs is 6. The molecule has 0 bridgehead atoms. The summed E-state index contributed by atoms with van der Waals surface area (Å²) in [5, 5.41) is 11.9. The van der Waals surface area contributed by atoms with E-state index in [0.29, 0.717) is 16.2 Å². The van der Waals surface area contributed by atoms with E-state index < -0.39 is 76.6 Å². The van der Waals surface area contributed by atoms with Gasteiger partial charge in [0.1, 0.15) is 0 Å². The number of rotatable bonds is 12. The van der Waals surface area contributed by atoms with Crippen LogP contribution >= 0.6 is 0 Å². The highest BCUT2D eigenvalue weighted by atomic mass is 28.3. The second kappa shape index (κ2) is 20.5. The Labute approximate surface area is 494 Å². The maximum absolute atomic E-state index is 10.1. The van der Waals surface area contributed by atoms with Crippen LogP contribution in [-0.2, 0) is 0 Å². The Morgan fingerprint density at radius 2 is 0.573 bits per heavy atom. The third-order valence-electron chi connectivity index (χ3n) is 16.6. The Morgan fingerprint density at radius 1 is 0.244 bits per heavy atom. The van der Waals surface area contributed by atoms with E-state index in [1.54, 1.807) is 0 Å². The summed E-state index contributed by atoms with van der Waals surface area (Å²) in [4.78, 5) is 0. The minimum Gasteiger partial charge on any atom is -0.309 e. The number of para-hydroxylation sites is 2. The van der Waals surface area contributed by atoms with Crippen molar-refractivity contribution in [2.45, 2.75) is 0 Å². The van der Waals surface area contributed by atoms with Crippen molar-refractivity contribution in [3.8, 4) is 33.6 Å². The number of benzene rings is 13. The highest BCUT2D eigenvalue weighted by molar-refractivity contribution is 7.20. The van der Waals surface area contributed by atoms with Gasteiger partial charge in [-0.3, -0.25) is 0 Å². The van der Waals surface area contributed by atoms with E-state index in [-0.39, 0.29) is 27.9 Å². The van der Waals surface area contributed by atoms with E-state index in [1.165, 1.54) is 0 Å². The molecular weight excluding hydrogens is 1020 g/mol. The van der Waals surface area contributed by atoms with Crippen molar-refractivity contribution in [3.63, 3.8) is 0 Å². The standard InChI is InChI=1S/C78H56N2Si2/c1-9-29-57(30-10-1)70-55-67(82(63-39-19-6-20-40-63,64-41-21-7-22-42-64)65-43-23-8-24-44-65)56-71(58-31-11-2-12-32-58)78(70)80-76-51-49-59(79-74-47-27-25-45-68(74)69-46-26-28-48-75(69)79)53-72(76)73-54-66(50-52-77(73)80)81(60-33-13-3-14-34-60,61-35-15-4-16-36-61)62-37-17-5-18-38-62/h1-56H/i1D,2D,9D,10D,11D,12D,29D,30D,31D,32D. The van der Waals surface area contributed by atoms with Crippen LogP contribution in [0, 0.1) is 0 Å². The molecule has 82 heavy (non-hydrogen) atoms. The van der Waals surface area contributed by atoms with Crippen LogP contribution in [-0.4, -0.2) is 25.3 Å². The van der Waals surface area contributed by atoms with Crippen LogP contribution in [0.4, 0.5) is 0 Å². The summed E-state index contributed by atoms with van der Waals surface area (Å²) in [6, 6.07) is 91.0. The van der Waals surface area contributed by atoms with Crippen molar-refractivity contribution >= 4 is 101 Å². The summed E-state index contributed by atoms with van der Waals surface area (Å²) < 4.78 is 100. The summed E-state index contributed by atoms with van der Waals surface area (Å²) in [6.45, 7) is 0. The van der Waals surface area contributed by atoms with Crippen LogP contribution < -0.4 is 41.5 Å². The van der Waals surface area contributed by atoms with E-state index in [4.69, 9.17) is 2.74 Å². The summed E-state index contributed by atoms with van der Waals surface area (Å²) in [7, 11) is -6.97. The van der Waals surface area contributed by atoms with Gasteiger partial charge in [-0.05, 0) is 89.0 Å². The monoisotopic (exact) mass is 1090 g/mol. The Kier molecular flexibility index (Phi) is 9.84. The van der Waals surface area contributed by atoms with Gasteiger partial charge in [0, 0.05) is 38.4 Å². The highest BCUT2D eigenvalue weighted by Gasteiger charge is 2.44. The number of nitrogens with zero attached hydrogens (tertiary/aromatic N) is 2. The lowest BCUT2D eigenvalue weighted by Gasteiger charge is -2.36. The largest absolute Gasteiger partial charge is 0.309 e. The topological polar surface area (TPSA) is 9.86 Å². The molecule has 0 amide bonds. The molecule has 0 spiro atoms. The molecule has 0 radical (unpaired) electrons. The van der Waals surface area contributed by atoms with E-state index in [2.05, 4.69) is 187 Å². The molecule has 15 rings (SSSR count). The van der Waals surface area contributed by atoms with Crippen molar-refractivity contribution < 1.29 is 13.7 Å². The lowest BCUT2D eigenvalue weighted by Crippen LogP contribution is -2.74. The van der Waals surface area contributed by atoms with Crippen molar-refractivity contribution in [3.05, 3.63) is 339 Å². The van der Waals surface area contributed by atoms with Crippen LogP contribution in [0.5, 0.6) is 0 Å². The van der Waals surface area contributed by atoms with Crippen molar-refractivity contribution in [1.82, 2.24) is 9.13 Å². The van der Waals surface area contributed by atoms with Gasteiger partial charge in [0.2, 0.25) is 0 Å². The second-order valence-corrected chi connectivity index (χ2v) is 28.4.